The molecule has 0 fully saturated rings. The molecule has 6 unspecified atom stereocenters. The number of carboxylic acids is 1. The smallest absolute Gasteiger partial charge is 0.326 e. The van der Waals surface area contributed by atoms with Gasteiger partial charge >= 0.3 is 5.97 Å². The number of aromatic nitrogens is 2. The van der Waals surface area contributed by atoms with E-state index in [1.165, 1.54) is 26.4 Å². The third-order valence-electron chi connectivity index (χ3n) is 4.73. The van der Waals surface area contributed by atoms with E-state index in [-0.39, 0.29) is 6.42 Å². The zero-order chi connectivity index (χ0) is 24.6. The maximum Gasteiger partial charge on any atom is 0.326 e. The van der Waals surface area contributed by atoms with Crippen molar-refractivity contribution in [2.75, 3.05) is 0 Å². The van der Waals surface area contributed by atoms with Crippen molar-refractivity contribution in [2.45, 2.75) is 70.5 Å². The summed E-state index contributed by atoms with van der Waals surface area (Å²) in [6.07, 6.45) is 0.203. The van der Waals surface area contributed by atoms with Gasteiger partial charge in [0.15, 0.2) is 0 Å². The van der Waals surface area contributed by atoms with E-state index < -0.39 is 66.0 Å². The number of amides is 3. The molecule has 0 aliphatic carbocycles. The molecule has 13 nitrogen and oxygen atoms in total. The van der Waals surface area contributed by atoms with Gasteiger partial charge in [0.25, 0.3) is 0 Å². The number of hydrogen-bond acceptors (Lipinski definition) is 8. The van der Waals surface area contributed by atoms with Gasteiger partial charge in [-0.2, -0.15) is 0 Å². The van der Waals surface area contributed by atoms with Gasteiger partial charge in [0, 0.05) is 18.3 Å². The summed E-state index contributed by atoms with van der Waals surface area (Å²) < 4.78 is 0. The lowest BCUT2D eigenvalue weighted by molar-refractivity contribution is -0.144. The normalized spacial score (nSPS) is 16.9. The number of aliphatic hydroxyl groups is 2. The number of rotatable bonds is 12. The third kappa shape index (κ3) is 7.90. The second kappa shape index (κ2) is 12.1. The van der Waals surface area contributed by atoms with Crippen LogP contribution in [0.1, 0.15) is 33.4 Å². The van der Waals surface area contributed by atoms with E-state index in [2.05, 4.69) is 25.9 Å². The van der Waals surface area contributed by atoms with Crippen molar-refractivity contribution < 1.29 is 34.5 Å². The van der Waals surface area contributed by atoms with E-state index >= 15 is 0 Å². The Morgan fingerprint density at radius 2 is 1.56 bits per heavy atom. The van der Waals surface area contributed by atoms with Crippen molar-refractivity contribution in [2.24, 2.45) is 11.7 Å². The second-order valence-corrected chi connectivity index (χ2v) is 7.90. The molecule has 0 saturated heterocycles. The lowest BCUT2D eigenvalue weighted by atomic mass is 10.0. The van der Waals surface area contributed by atoms with Gasteiger partial charge in [-0.25, -0.2) is 9.78 Å². The first-order valence-corrected chi connectivity index (χ1v) is 10.1. The minimum atomic E-state index is -1.49. The fourth-order valence-corrected chi connectivity index (χ4v) is 2.73. The first-order valence-electron chi connectivity index (χ1n) is 10.1. The van der Waals surface area contributed by atoms with Crippen LogP contribution in [-0.4, -0.2) is 85.4 Å². The molecule has 1 aromatic heterocycles. The van der Waals surface area contributed by atoms with Gasteiger partial charge in [0.05, 0.1) is 18.5 Å². The number of nitrogens with one attached hydrogen (secondary N) is 4. The lowest BCUT2D eigenvalue weighted by Gasteiger charge is -2.27. The van der Waals surface area contributed by atoms with Crippen LogP contribution in [0, 0.1) is 5.92 Å². The van der Waals surface area contributed by atoms with Crippen molar-refractivity contribution in [3.05, 3.63) is 18.2 Å². The molecule has 0 saturated carbocycles. The summed E-state index contributed by atoms with van der Waals surface area (Å²) in [7, 11) is 0. The Bertz CT molecular complexity index is 781. The number of H-pyrrole nitrogens is 1. The molecule has 0 aliphatic rings. The average molecular weight is 457 g/mol. The summed E-state index contributed by atoms with van der Waals surface area (Å²) >= 11 is 0. The van der Waals surface area contributed by atoms with Crippen LogP contribution in [0.15, 0.2) is 12.5 Å². The molecule has 6 atom stereocenters. The Morgan fingerprint density at radius 1 is 0.969 bits per heavy atom. The van der Waals surface area contributed by atoms with Gasteiger partial charge in [-0.3, -0.25) is 14.4 Å². The summed E-state index contributed by atoms with van der Waals surface area (Å²) in [6.45, 7) is 5.75. The maximum atomic E-state index is 12.9. The van der Waals surface area contributed by atoms with Gasteiger partial charge in [-0.05, 0) is 19.8 Å². The van der Waals surface area contributed by atoms with Crippen molar-refractivity contribution in [3.63, 3.8) is 0 Å². The molecular formula is C19H32N6O7. The van der Waals surface area contributed by atoms with E-state index in [1.54, 1.807) is 13.8 Å². The monoisotopic (exact) mass is 456 g/mol. The standard InChI is InChI=1S/C19H32N6O7/c1-8(2)14(19(31)32)24-18(30)15(10(4)27)25-16(28)12(5-11-6-21-7-22-11)23-17(29)13(20)9(3)26/h6-10,12-15,26-27H,5,20H2,1-4H3,(H,21,22)(H,23,29)(H,24,30)(H,25,28)(H,31,32). The molecule has 0 bridgehead atoms. The molecule has 3 amide bonds. The quantitative estimate of drug-likeness (QED) is 0.163. The highest BCUT2D eigenvalue weighted by molar-refractivity contribution is 5.94. The average Bonchev–Trinajstić information content (AvgIpc) is 3.20. The van der Waals surface area contributed by atoms with Crippen molar-refractivity contribution in [1.82, 2.24) is 25.9 Å². The molecule has 0 aliphatic heterocycles. The van der Waals surface area contributed by atoms with Crippen LogP contribution < -0.4 is 21.7 Å². The van der Waals surface area contributed by atoms with Crippen LogP contribution in [0.3, 0.4) is 0 Å². The molecular weight excluding hydrogens is 424 g/mol. The molecule has 13 heteroatoms. The summed E-state index contributed by atoms with van der Waals surface area (Å²) in [4.78, 5) is 55.8. The Labute approximate surface area is 185 Å². The molecule has 1 heterocycles. The highest BCUT2D eigenvalue weighted by atomic mass is 16.4. The minimum absolute atomic E-state index is 0.0536. The van der Waals surface area contributed by atoms with E-state index in [4.69, 9.17) is 5.73 Å². The Kier molecular flexibility index (Phi) is 10.2. The summed E-state index contributed by atoms with van der Waals surface area (Å²) in [5.74, 6) is -4.25. The lowest BCUT2D eigenvalue weighted by Crippen LogP contribution is -2.61. The van der Waals surface area contributed by atoms with Gasteiger partial charge in [-0.1, -0.05) is 13.8 Å². The van der Waals surface area contributed by atoms with Crippen LogP contribution in [0.25, 0.3) is 0 Å². The Morgan fingerprint density at radius 3 is 2.00 bits per heavy atom. The number of aromatic amines is 1. The zero-order valence-electron chi connectivity index (χ0n) is 18.4. The van der Waals surface area contributed by atoms with Crippen molar-refractivity contribution in [3.8, 4) is 0 Å². The Balaban J connectivity index is 3.03. The number of nitrogens with two attached hydrogens (primary N) is 1. The predicted octanol–water partition coefficient (Wildman–Crippen LogP) is -2.76. The fraction of sp³-hybridized carbons (Fsp3) is 0.632. The first kappa shape index (κ1) is 27.0. The SMILES string of the molecule is CC(C)C(NC(=O)C(NC(=O)C(Cc1cnc[nH]1)NC(=O)C(N)C(C)O)C(C)O)C(=O)O. The van der Waals surface area contributed by atoms with E-state index in [0.717, 1.165) is 0 Å². The molecule has 0 spiro atoms. The number of imidazole rings is 1. The highest BCUT2D eigenvalue weighted by Gasteiger charge is 2.34. The highest BCUT2D eigenvalue weighted by Crippen LogP contribution is 2.06. The third-order valence-corrected chi connectivity index (χ3v) is 4.73. The number of carboxylic acid groups (broad SMARTS) is 1. The fourth-order valence-electron chi connectivity index (χ4n) is 2.73. The van der Waals surface area contributed by atoms with Gasteiger partial charge in [-0.15, -0.1) is 0 Å². The topological polar surface area (TPSA) is 220 Å². The van der Waals surface area contributed by atoms with Crippen molar-refractivity contribution >= 4 is 23.7 Å². The van der Waals surface area contributed by atoms with Gasteiger partial charge < -0.3 is 42.0 Å². The van der Waals surface area contributed by atoms with Gasteiger partial charge in [0.1, 0.15) is 24.2 Å². The molecule has 1 rings (SSSR count). The number of nitrogens with zero attached hydrogens (tertiary/aromatic N) is 1. The molecule has 32 heavy (non-hydrogen) atoms. The number of carbonyl (C=O) groups excluding carboxylic acids is 3. The summed E-state index contributed by atoms with van der Waals surface area (Å²) in [6, 6.07) is -5.26. The van der Waals surface area contributed by atoms with Crippen LogP contribution in [0.2, 0.25) is 0 Å². The molecule has 9 N–H and O–H groups in total. The Hall–Kier alpha value is -3.03. The van der Waals surface area contributed by atoms with Gasteiger partial charge in [0.2, 0.25) is 17.7 Å². The number of hydrogen-bond donors (Lipinski definition) is 8. The van der Waals surface area contributed by atoms with Crippen LogP contribution in [0.5, 0.6) is 0 Å². The number of carbonyl (C=O) groups is 4. The van der Waals surface area contributed by atoms with E-state index in [1.807, 2.05) is 0 Å². The van der Waals surface area contributed by atoms with Crippen LogP contribution in [0.4, 0.5) is 0 Å². The second-order valence-electron chi connectivity index (χ2n) is 7.90. The molecule has 0 aromatic carbocycles. The molecule has 1 aromatic rings. The molecule has 180 valence electrons. The van der Waals surface area contributed by atoms with E-state index in [9.17, 15) is 34.5 Å². The summed E-state index contributed by atoms with van der Waals surface area (Å²) in [5.41, 5.74) is 6.10. The first-order chi connectivity index (χ1) is 14.8. The van der Waals surface area contributed by atoms with Crippen LogP contribution in [-0.2, 0) is 25.6 Å². The van der Waals surface area contributed by atoms with Crippen LogP contribution >= 0.6 is 0 Å². The maximum absolute atomic E-state index is 12.9. The number of aliphatic carboxylic acids is 1. The summed E-state index contributed by atoms with van der Waals surface area (Å²) in [5, 5.41) is 35.9. The predicted molar refractivity (Wildman–Crippen MR) is 112 cm³/mol. The zero-order valence-corrected chi connectivity index (χ0v) is 18.4. The van der Waals surface area contributed by atoms with Crippen molar-refractivity contribution in [1.29, 1.82) is 0 Å². The number of aliphatic hydroxyl groups excluding tert-OH is 2. The minimum Gasteiger partial charge on any atom is -0.480 e. The largest absolute Gasteiger partial charge is 0.480 e. The van der Waals surface area contributed by atoms with E-state index in [0.29, 0.717) is 5.69 Å². The molecule has 0 radical (unpaired) electrons.